The van der Waals surface area contributed by atoms with Gasteiger partial charge in [0, 0.05) is 19.6 Å². The number of ether oxygens (including phenoxy) is 2. The second kappa shape index (κ2) is 9.56. The van der Waals surface area contributed by atoms with Crippen molar-refractivity contribution in [1.29, 1.82) is 0 Å². The molecule has 0 aliphatic carbocycles. The third kappa shape index (κ3) is 6.34. The SMILES string of the molecule is CN(C)CC[C@@H](C(=O)N1CCOCC1)N1CC[C@H](NC(=O)OC(C)(C)C)C1=O. The topological polar surface area (TPSA) is 91.4 Å². The van der Waals surface area contributed by atoms with Crippen molar-refractivity contribution in [2.45, 2.75) is 51.3 Å². The van der Waals surface area contributed by atoms with E-state index in [1.807, 2.05) is 19.0 Å². The minimum Gasteiger partial charge on any atom is -0.444 e. The van der Waals surface area contributed by atoms with Gasteiger partial charge in [-0.1, -0.05) is 0 Å². The highest BCUT2D eigenvalue weighted by Gasteiger charge is 2.41. The van der Waals surface area contributed by atoms with E-state index in [-0.39, 0.29) is 11.8 Å². The first-order chi connectivity index (χ1) is 13.1. The molecule has 2 fully saturated rings. The van der Waals surface area contributed by atoms with Crippen LogP contribution in [0.2, 0.25) is 0 Å². The number of hydrogen-bond donors (Lipinski definition) is 1. The number of amides is 3. The lowest BCUT2D eigenvalue weighted by atomic mass is 10.1. The van der Waals surface area contributed by atoms with Crippen LogP contribution in [0.25, 0.3) is 0 Å². The van der Waals surface area contributed by atoms with Crippen molar-refractivity contribution in [3.63, 3.8) is 0 Å². The monoisotopic (exact) mass is 398 g/mol. The number of alkyl carbamates (subject to hydrolysis) is 1. The first-order valence-electron chi connectivity index (χ1n) is 9.90. The van der Waals surface area contributed by atoms with Crippen LogP contribution in [-0.4, -0.2) is 104 Å². The number of likely N-dealkylation sites (tertiary alicyclic amines) is 1. The molecule has 2 aliphatic rings. The van der Waals surface area contributed by atoms with Crippen LogP contribution in [0.5, 0.6) is 0 Å². The first kappa shape index (κ1) is 22.4. The van der Waals surface area contributed by atoms with Crippen molar-refractivity contribution < 1.29 is 23.9 Å². The number of morpholine rings is 1. The third-order valence-electron chi connectivity index (χ3n) is 4.76. The molecule has 2 atom stereocenters. The molecule has 2 aliphatic heterocycles. The maximum Gasteiger partial charge on any atom is 0.408 e. The molecular weight excluding hydrogens is 364 g/mol. The predicted molar refractivity (Wildman–Crippen MR) is 104 cm³/mol. The molecule has 160 valence electrons. The Hall–Kier alpha value is -1.87. The molecule has 0 aromatic carbocycles. The van der Waals surface area contributed by atoms with Gasteiger partial charge in [-0.2, -0.15) is 0 Å². The predicted octanol–water partition coefficient (Wildman–Crippen LogP) is 0.291. The number of carbonyl (C=O) groups excluding carboxylic acids is 3. The van der Waals surface area contributed by atoms with E-state index >= 15 is 0 Å². The van der Waals surface area contributed by atoms with Gasteiger partial charge < -0.3 is 29.5 Å². The van der Waals surface area contributed by atoms with Crippen LogP contribution >= 0.6 is 0 Å². The van der Waals surface area contributed by atoms with E-state index in [1.54, 1.807) is 30.6 Å². The zero-order valence-electron chi connectivity index (χ0n) is 17.7. The smallest absolute Gasteiger partial charge is 0.408 e. The van der Waals surface area contributed by atoms with Crippen LogP contribution in [0.1, 0.15) is 33.6 Å². The summed E-state index contributed by atoms with van der Waals surface area (Å²) in [4.78, 5) is 43.4. The van der Waals surface area contributed by atoms with Gasteiger partial charge in [0.05, 0.1) is 13.2 Å². The Labute approximate surface area is 167 Å². The standard InChI is InChI=1S/C19H34N4O5/c1-19(2,3)28-18(26)20-14-6-9-23(16(14)24)15(7-8-21(4)5)17(25)22-10-12-27-13-11-22/h14-15H,6-13H2,1-5H3,(H,20,26)/t14-,15-/m0/s1. The average molecular weight is 399 g/mol. The fourth-order valence-corrected chi connectivity index (χ4v) is 3.38. The summed E-state index contributed by atoms with van der Waals surface area (Å²) < 4.78 is 10.6. The minimum atomic E-state index is -0.658. The lowest BCUT2D eigenvalue weighted by molar-refractivity contribution is -0.147. The summed E-state index contributed by atoms with van der Waals surface area (Å²) in [5.74, 6) is -0.271. The highest BCUT2D eigenvalue weighted by Crippen LogP contribution is 2.20. The second-order valence-corrected chi connectivity index (χ2v) is 8.56. The number of nitrogens with one attached hydrogen (secondary N) is 1. The van der Waals surface area contributed by atoms with Crippen LogP contribution < -0.4 is 5.32 Å². The number of rotatable bonds is 6. The molecule has 0 aromatic rings. The van der Waals surface area contributed by atoms with E-state index in [1.165, 1.54) is 0 Å². The van der Waals surface area contributed by atoms with Gasteiger partial charge >= 0.3 is 6.09 Å². The van der Waals surface area contributed by atoms with Gasteiger partial charge in [0.25, 0.3) is 0 Å². The molecule has 0 aromatic heterocycles. The van der Waals surface area contributed by atoms with Crippen LogP contribution in [0, 0.1) is 0 Å². The molecule has 1 N–H and O–H groups in total. The summed E-state index contributed by atoms with van der Waals surface area (Å²) >= 11 is 0. The average Bonchev–Trinajstić information content (AvgIpc) is 2.94. The largest absolute Gasteiger partial charge is 0.444 e. The van der Waals surface area contributed by atoms with Crippen LogP contribution in [0.4, 0.5) is 4.79 Å². The summed E-state index contributed by atoms with van der Waals surface area (Å²) in [6, 6.07) is -1.19. The van der Waals surface area contributed by atoms with Gasteiger partial charge in [-0.05, 0) is 54.3 Å². The Balaban J connectivity index is 2.04. The number of hydrogen-bond acceptors (Lipinski definition) is 6. The molecular formula is C19H34N4O5. The summed E-state index contributed by atoms with van der Waals surface area (Å²) in [6.45, 7) is 8.56. The Morgan fingerprint density at radius 1 is 1.25 bits per heavy atom. The lowest BCUT2D eigenvalue weighted by Gasteiger charge is -2.35. The molecule has 28 heavy (non-hydrogen) atoms. The van der Waals surface area contributed by atoms with Crippen molar-refractivity contribution in [3.05, 3.63) is 0 Å². The molecule has 0 bridgehead atoms. The molecule has 3 amide bonds. The van der Waals surface area contributed by atoms with E-state index in [2.05, 4.69) is 5.32 Å². The molecule has 9 nitrogen and oxygen atoms in total. The van der Waals surface area contributed by atoms with Gasteiger partial charge in [-0.3, -0.25) is 9.59 Å². The lowest BCUT2D eigenvalue weighted by Crippen LogP contribution is -2.54. The summed E-state index contributed by atoms with van der Waals surface area (Å²) in [5.41, 5.74) is -0.633. The first-order valence-corrected chi connectivity index (χ1v) is 9.90. The Bertz CT molecular complexity index is 569. The Morgan fingerprint density at radius 2 is 1.89 bits per heavy atom. The summed E-state index contributed by atoms with van der Waals surface area (Å²) in [6.07, 6.45) is 0.401. The van der Waals surface area contributed by atoms with Crippen molar-refractivity contribution >= 4 is 17.9 Å². The van der Waals surface area contributed by atoms with Gasteiger partial charge in [0.2, 0.25) is 11.8 Å². The summed E-state index contributed by atoms with van der Waals surface area (Å²) in [5, 5.41) is 2.65. The molecule has 2 saturated heterocycles. The quantitative estimate of drug-likeness (QED) is 0.692. The van der Waals surface area contributed by atoms with Crippen molar-refractivity contribution in [3.8, 4) is 0 Å². The van der Waals surface area contributed by atoms with Crippen LogP contribution in [0.15, 0.2) is 0 Å². The van der Waals surface area contributed by atoms with Crippen LogP contribution in [0.3, 0.4) is 0 Å². The molecule has 0 radical (unpaired) electrons. The Morgan fingerprint density at radius 3 is 2.46 bits per heavy atom. The van der Waals surface area contributed by atoms with Gasteiger partial charge in [0.1, 0.15) is 17.7 Å². The van der Waals surface area contributed by atoms with E-state index in [0.717, 1.165) is 0 Å². The molecule has 2 heterocycles. The minimum absolute atomic E-state index is 0.0450. The molecule has 0 saturated carbocycles. The molecule has 0 spiro atoms. The number of carbonyl (C=O) groups is 3. The fourth-order valence-electron chi connectivity index (χ4n) is 3.38. The normalized spacial score (nSPS) is 21.8. The third-order valence-corrected chi connectivity index (χ3v) is 4.76. The van der Waals surface area contributed by atoms with E-state index in [4.69, 9.17) is 9.47 Å². The molecule has 9 heteroatoms. The van der Waals surface area contributed by atoms with E-state index in [0.29, 0.717) is 52.2 Å². The van der Waals surface area contributed by atoms with Crippen molar-refractivity contribution in [1.82, 2.24) is 20.0 Å². The second-order valence-electron chi connectivity index (χ2n) is 8.56. The maximum atomic E-state index is 13.1. The van der Waals surface area contributed by atoms with E-state index in [9.17, 15) is 14.4 Å². The molecule has 2 rings (SSSR count). The highest BCUT2D eigenvalue weighted by atomic mass is 16.6. The Kier molecular flexibility index (Phi) is 7.65. The van der Waals surface area contributed by atoms with Crippen molar-refractivity contribution in [2.75, 3.05) is 53.5 Å². The van der Waals surface area contributed by atoms with Crippen LogP contribution in [-0.2, 0) is 19.1 Å². The van der Waals surface area contributed by atoms with Crippen molar-refractivity contribution in [2.24, 2.45) is 0 Å². The van der Waals surface area contributed by atoms with E-state index < -0.39 is 23.8 Å². The van der Waals surface area contributed by atoms with Gasteiger partial charge in [0.15, 0.2) is 0 Å². The maximum absolute atomic E-state index is 13.1. The zero-order valence-corrected chi connectivity index (χ0v) is 17.7. The van der Waals surface area contributed by atoms with Gasteiger partial charge in [-0.25, -0.2) is 4.79 Å². The number of nitrogens with zero attached hydrogens (tertiary/aromatic N) is 3. The van der Waals surface area contributed by atoms with Gasteiger partial charge in [-0.15, -0.1) is 0 Å². The highest BCUT2D eigenvalue weighted by molar-refractivity contribution is 5.92. The fraction of sp³-hybridized carbons (Fsp3) is 0.842. The summed E-state index contributed by atoms with van der Waals surface area (Å²) in [7, 11) is 3.88. The zero-order chi connectivity index (χ0) is 20.9. The molecule has 0 unspecified atom stereocenters.